The van der Waals surface area contributed by atoms with Crippen molar-refractivity contribution in [1.82, 2.24) is 4.98 Å². The Morgan fingerprint density at radius 3 is 2.72 bits per heavy atom. The minimum atomic E-state index is 0.446. The highest BCUT2D eigenvalue weighted by Gasteiger charge is 2.13. The van der Waals surface area contributed by atoms with Gasteiger partial charge in [-0.25, -0.2) is 0 Å². The normalized spacial score (nSPS) is 10.8. The van der Waals surface area contributed by atoms with Gasteiger partial charge in [0.05, 0.1) is 24.7 Å². The first-order chi connectivity index (χ1) is 12.2. The molecular weight excluding hydrogens is 334 g/mol. The zero-order valence-corrected chi connectivity index (χ0v) is 14.3. The predicted molar refractivity (Wildman–Crippen MR) is 104 cm³/mol. The van der Waals surface area contributed by atoms with Gasteiger partial charge in [-0.3, -0.25) is 4.98 Å². The van der Waals surface area contributed by atoms with Gasteiger partial charge in [0, 0.05) is 23.0 Å². The zero-order valence-electron chi connectivity index (χ0n) is 13.4. The molecule has 0 saturated carbocycles. The first-order valence-corrected chi connectivity index (χ1v) is 8.13. The van der Waals surface area contributed by atoms with Crippen molar-refractivity contribution in [2.75, 3.05) is 17.7 Å². The lowest BCUT2D eigenvalue weighted by Gasteiger charge is -2.13. The van der Waals surface area contributed by atoms with Crippen LogP contribution in [0.15, 0.2) is 65.3 Å². The van der Waals surface area contributed by atoms with Crippen LogP contribution in [0.5, 0.6) is 5.75 Å². The molecule has 0 bridgehead atoms. The molecule has 0 unspecified atom stereocenters. The largest absolute Gasteiger partial charge is 0.495 e. The summed E-state index contributed by atoms with van der Waals surface area (Å²) < 4.78 is 11.4. The Kier molecular flexibility index (Phi) is 3.95. The van der Waals surface area contributed by atoms with Gasteiger partial charge in [-0.05, 0) is 36.5 Å². The number of hydrogen-bond acceptors (Lipinski definition) is 4. The van der Waals surface area contributed by atoms with Crippen molar-refractivity contribution in [1.29, 1.82) is 0 Å². The standard InChI is InChI=1S/C19H15N3O2S/c1-23-18-9-14-13-6-2-3-7-16(13)24-17(14)10-15(18)22-19(25)21-12-5-4-8-20-11-12/h2-11H,1H3,(H2,21,22,25). The highest BCUT2D eigenvalue weighted by atomic mass is 32.1. The van der Waals surface area contributed by atoms with Crippen molar-refractivity contribution in [3.05, 3.63) is 60.9 Å². The molecule has 4 aromatic rings. The van der Waals surface area contributed by atoms with Crippen molar-refractivity contribution >= 4 is 50.6 Å². The summed E-state index contributed by atoms with van der Waals surface area (Å²) in [4.78, 5) is 4.05. The van der Waals surface area contributed by atoms with Crippen molar-refractivity contribution in [3.8, 4) is 5.75 Å². The van der Waals surface area contributed by atoms with Gasteiger partial charge in [0.2, 0.25) is 0 Å². The maximum absolute atomic E-state index is 5.92. The van der Waals surface area contributed by atoms with Crippen molar-refractivity contribution in [3.63, 3.8) is 0 Å². The van der Waals surface area contributed by atoms with Gasteiger partial charge in [0.1, 0.15) is 16.9 Å². The van der Waals surface area contributed by atoms with E-state index < -0.39 is 0 Å². The summed E-state index contributed by atoms with van der Waals surface area (Å²) in [5.74, 6) is 0.689. The van der Waals surface area contributed by atoms with Crippen LogP contribution < -0.4 is 15.4 Å². The van der Waals surface area contributed by atoms with E-state index in [1.54, 1.807) is 19.5 Å². The molecule has 0 saturated heterocycles. The molecule has 0 aliphatic rings. The molecule has 5 nitrogen and oxygen atoms in total. The van der Waals surface area contributed by atoms with Crippen LogP contribution in [0.3, 0.4) is 0 Å². The van der Waals surface area contributed by atoms with Gasteiger partial charge in [0.15, 0.2) is 5.11 Å². The SMILES string of the molecule is COc1cc2c(cc1NC(=S)Nc1cccnc1)oc1ccccc12. The molecule has 2 N–H and O–H groups in total. The van der Waals surface area contributed by atoms with Crippen LogP contribution in [0.4, 0.5) is 11.4 Å². The van der Waals surface area contributed by atoms with Gasteiger partial charge in [-0.15, -0.1) is 0 Å². The van der Waals surface area contributed by atoms with E-state index >= 15 is 0 Å². The Morgan fingerprint density at radius 2 is 1.92 bits per heavy atom. The summed E-state index contributed by atoms with van der Waals surface area (Å²) in [5.41, 5.74) is 3.15. The molecule has 4 rings (SSSR count). The first-order valence-electron chi connectivity index (χ1n) is 7.72. The molecule has 2 aromatic heterocycles. The summed E-state index contributed by atoms with van der Waals surface area (Å²) in [6.45, 7) is 0. The monoisotopic (exact) mass is 349 g/mol. The van der Waals surface area contributed by atoms with E-state index in [-0.39, 0.29) is 0 Å². The van der Waals surface area contributed by atoms with Crippen LogP contribution in [0, 0.1) is 0 Å². The summed E-state index contributed by atoms with van der Waals surface area (Å²) in [6.07, 6.45) is 3.41. The maximum Gasteiger partial charge on any atom is 0.175 e. The second-order valence-corrected chi connectivity index (χ2v) is 5.88. The number of thiocarbonyl (C=S) groups is 1. The van der Waals surface area contributed by atoms with Crippen LogP contribution in [-0.4, -0.2) is 17.2 Å². The number of pyridine rings is 1. The highest BCUT2D eigenvalue weighted by Crippen LogP contribution is 2.36. The molecule has 0 aliphatic heterocycles. The average molecular weight is 349 g/mol. The number of ether oxygens (including phenoxy) is 1. The Morgan fingerprint density at radius 1 is 1.04 bits per heavy atom. The maximum atomic E-state index is 5.92. The molecule has 0 atom stereocenters. The smallest absolute Gasteiger partial charge is 0.175 e. The Labute approximate surface area is 149 Å². The number of benzene rings is 2. The lowest BCUT2D eigenvalue weighted by molar-refractivity contribution is 0.417. The number of fused-ring (bicyclic) bond motifs is 3. The van der Waals surface area contributed by atoms with Crippen LogP contribution in [0.25, 0.3) is 21.9 Å². The Hall–Kier alpha value is -3.12. The topological polar surface area (TPSA) is 59.3 Å². The van der Waals surface area contributed by atoms with Gasteiger partial charge in [-0.1, -0.05) is 18.2 Å². The van der Waals surface area contributed by atoms with E-state index in [2.05, 4.69) is 15.6 Å². The number of anilines is 2. The van der Waals surface area contributed by atoms with Crippen molar-refractivity contribution in [2.24, 2.45) is 0 Å². The molecule has 0 aliphatic carbocycles. The minimum Gasteiger partial charge on any atom is -0.495 e. The highest BCUT2D eigenvalue weighted by molar-refractivity contribution is 7.80. The third-order valence-corrected chi connectivity index (χ3v) is 4.07. The third kappa shape index (κ3) is 2.99. The number of aromatic nitrogens is 1. The van der Waals surface area contributed by atoms with Gasteiger partial charge < -0.3 is 19.8 Å². The number of rotatable bonds is 3. The van der Waals surface area contributed by atoms with E-state index in [1.807, 2.05) is 48.5 Å². The molecule has 2 aromatic carbocycles. The second kappa shape index (κ2) is 6.41. The molecule has 6 heteroatoms. The van der Waals surface area contributed by atoms with Crippen LogP contribution in [-0.2, 0) is 0 Å². The molecule has 25 heavy (non-hydrogen) atoms. The summed E-state index contributed by atoms with van der Waals surface area (Å²) in [7, 11) is 1.63. The number of para-hydroxylation sites is 1. The first kappa shape index (κ1) is 15.4. The fourth-order valence-electron chi connectivity index (χ4n) is 2.74. The Balaban J connectivity index is 1.68. The fourth-order valence-corrected chi connectivity index (χ4v) is 2.97. The molecule has 0 radical (unpaired) electrons. The predicted octanol–water partition coefficient (Wildman–Crippen LogP) is 4.80. The average Bonchev–Trinajstić information content (AvgIpc) is 2.99. The van der Waals surface area contributed by atoms with E-state index in [1.165, 1.54) is 0 Å². The fraction of sp³-hybridized carbons (Fsp3) is 0.0526. The van der Waals surface area contributed by atoms with Gasteiger partial charge in [-0.2, -0.15) is 0 Å². The molecule has 0 fully saturated rings. The molecular formula is C19H15N3O2S. The van der Waals surface area contributed by atoms with Crippen molar-refractivity contribution < 1.29 is 9.15 Å². The van der Waals surface area contributed by atoms with Crippen LogP contribution >= 0.6 is 12.2 Å². The molecule has 0 amide bonds. The van der Waals surface area contributed by atoms with Gasteiger partial charge >= 0.3 is 0 Å². The number of hydrogen-bond donors (Lipinski definition) is 2. The lowest BCUT2D eigenvalue weighted by Crippen LogP contribution is -2.19. The number of nitrogens with zero attached hydrogens (tertiary/aromatic N) is 1. The number of nitrogens with one attached hydrogen (secondary N) is 2. The zero-order chi connectivity index (χ0) is 17.2. The van der Waals surface area contributed by atoms with Crippen molar-refractivity contribution in [2.45, 2.75) is 0 Å². The van der Waals surface area contributed by atoms with Crippen LogP contribution in [0.1, 0.15) is 0 Å². The van der Waals surface area contributed by atoms with Gasteiger partial charge in [0.25, 0.3) is 0 Å². The lowest BCUT2D eigenvalue weighted by atomic mass is 10.1. The van der Waals surface area contributed by atoms with E-state index in [4.69, 9.17) is 21.4 Å². The number of furan rings is 1. The minimum absolute atomic E-state index is 0.446. The third-order valence-electron chi connectivity index (χ3n) is 3.87. The second-order valence-electron chi connectivity index (χ2n) is 5.47. The summed E-state index contributed by atoms with van der Waals surface area (Å²) >= 11 is 5.38. The molecule has 0 spiro atoms. The Bertz CT molecular complexity index is 1060. The van der Waals surface area contributed by atoms with Crippen LogP contribution in [0.2, 0.25) is 0 Å². The summed E-state index contributed by atoms with van der Waals surface area (Å²) in [5, 5.41) is 8.75. The number of methoxy groups -OCH3 is 1. The van der Waals surface area contributed by atoms with E-state index in [9.17, 15) is 0 Å². The van der Waals surface area contributed by atoms with E-state index in [0.717, 1.165) is 33.3 Å². The quantitative estimate of drug-likeness (QED) is 0.518. The van der Waals surface area contributed by atoms with E-state index in [0.29, 0.717) is 10.9 Å². The molecule has 2 heterocycles. The molecule has 124 valence electrons. The summed E-state index contributed by atoms with van der Waals surface area (Å²) in [6, 6.07) is 15.5.